The van der Waals surface area contributed by atoms with Crippen LogP contribution in [0, 0.1) is 6.92 Å². The standard InChI is InChI=1S/C15H15N3O2/c1-10-17-11(6-7-15(19)20)9-18(10)14-8-16-13-5-3-2-4-12(13)14/h2-5,8-9,16H,6-7H2,1H3,(H,19,20). The molecule has 5 nitrogen and oxygen atoms in total. The van der Waals surface area contributed by atoms with Gasteiger partial charge < -0.3 is 14.7 Å². The summed E-state index contributed by atoms with van der Waals surface area (Å²) in [4.78, 5) is 18.3. The number of H-pyrrole nitrogens is 1. The minimum Gasteiger partial charge on any atom is -0.481 e. The van der Waals surface area contributed by atoms with E-state index in [0.717, 1.165) is 28.1 Å². The van der Waals surface area contributed by atoms with E-state index in [2.05, 4.69) is 16.0 Å². The lowest BCUT2D eigenvalue weighted by molar-refractivity contribution is -0.136. The van der Waals surface area contributed by atoms with E-state index >= 15 is 0 Å². The number of carbonyl (C=O) groups is 1. The van der Waals surface area contributed by atoms with Crippen molar-refractivity contribution >= 4 is 16.9 Å². The first kappa shape index (κ1) is 12.5. The lowest BCUT2D eigenvalue weighted by Crippen LogP contribution is -1.97. The first-order chi connectivity index (χ1) is 9.65. The second kappa shape index (κ2) is 4.85. The molecule has 0 aliphatic carbocycles. The van der Waals surface area contributed by atoms with E-state index in [4.69, 9.17) is 5.11 Å². The Balaban J connectivity index is 1.99. The van der Waals surface area contributed by atoms with Crippen LogP contribution < -0.4 is 0 Å². The van der Waals surface area contributed by atoms with Gasteiger partial charge in [-0.15, -0.1) is 0 Å². The summed E-state index contributed by atoms with van der Waals surface area (Å²) in [6.07, 6.45) is 4.41. The number of nitrogens with one attached hydrogen (secondary N) is 1. The molecule has 2 N–H and O–H groups in total. The molecule has 20 heavy (non-hydrogen) atoms. The van der Waals surface area contributed by atoms with Crippen molar-refractivity contribution in [1.29, 1.82) is 0 Å². The Morgan fingerprint density at radius 3 is 3.00 bits per heavy atom. The fraction of sp³-hybridized carbons (Fsp3) is 0.200. The molecule has 2 heterocycles. The van der Waals surface area contributed by atoms with E-state index in [1.54, 1.807) is 0 Å². The molecule has 0 fully saturated rings. The maximum atomic E-state index is 10.6. The Bertz CT molecular complexity index is 770. The summed E-state index contributed by atoms with van der Waals surface area (Å²) in [5.41, 5.74) is 2.91. The first-order valence-corrected chi connectivity index (χ1v) is 6.48. The zero-order valence-electron chi connectivity index (χ0n) is 11.1. The molecule has 0 spiro atoms. The third-order valence-electron chi connectivity index (χ3n) is 3.35. The Morgan fingerprint density at radius 1 is 1.40 bits per heavy atom. The van der Waals surface area contributed by atoms with Gasteiger partial charge in [0.15, 0.2) is 0 Å². The van der Waals surface area contributed by atoms with Gasteiger partial charge >= 0.3 is 5.97 Å². The van der Waals surface area contributed by atoms with Crippen molar-refractivity contribution in [2.75, 3.05) is 0 Å². The molecule has 0 radical (unpaired) electrons. The largest absolute Gasteiger partial charge is 0.481 e. The third kappa shape index (κ3) is 2.18. The first-order valence-electron chi connectivity index (χ1n) is 6.48. The number of carboxylic acid groups (broad SMARTS) is 1. The molecule has 0 saturated carbocycles. The zero-order valence-corrected chi connectivity index (χ0v) is 11.1. The van der Waals surface area contributed by atoms with Crippen LogP contribution in [0.2, 0.25) is 0 Å². The average Bonchev–Trinajstić information content (AvgIpc) is 2.99. The number of fused-ring (bicyclic) bond motifs is 1. The van der Waals surface area contributed by atoms with Gasteiger partial charge in [-0.25, -0.2) is 4.98 Å². The fourth-order valence-electron chi connectivity index (χ4n) is 2.39. The molecular weight excluding hydrogens is 254 g/mol. The average molecular weight is 269 g/mol. The lowest BCUT2D eigenvalue weighted by atomic mass is 10.2. The van der Waals surface area contributed by atoms with Crippen LogP contribution in [0.5, 0.6) is 0 Å². The molecule has 0 aliphatic rings. The smallest absolute Gasteiger partial charge is 0.303 e. The molecule has 3 rings (SSSR count). The number of hydrogen-bond donors (Lipinski definition) is 2. The van der Waals surface area contributed by atoms with Crippen molar-refractivity contribution in [3.63, 3.8) is 0 Å². The van der Waals surface area contributed by atoms with E-state index in [-0.39, 0.29) is 6.42 Å². The minimum absolute atomic E-state index is 0.102. The van der Waals surface area contributed by atoms with E-state index in [0.29, 0.717) is 6.42 Å². The van der Waals surface area contributed by atoms with Crippen LogP contribution in [-0.4, -0.2) is 25.6 Å². The van der Waals surface area contributed by atoms with Gasteiger partial charge in [0, 0.05) is 29.7 Å². The van der Waals surface area contributed by atoms with Gasteiger partial charge in [-0.3, -0.25) is 4.79 Å². The highest BCUT2D eigenvalue weighted by Gasteiger charge is 2.11. The molecule has 1 aromatic carbocycles. The summed E-state index contributed by atoms with van der Waals surface area (Å²) in [5, 5.41) is 9.86. The predicted octanol–water partition coefficient (Wildman–Crippen LogP) is 2.68. The summed E-state index contributed by atoms with van der Waals surface area (Å²) in [7, 11) is 0. The van der Waals surface area contributed by atoms with Crippen LogP contribution in [0.15, 0.2) is 36.7 Å². The molecule has 0 aliphatic heterocycles. The Morgan fingerprint density at radius 2 is 2.20 bits per heavy atom. The van der Waals surface area contributed by atoms with Gasteiger partial charge in [0.2, 0.25) is 0 Å². The number of aryl methyl sites for hydroxylation is 2. The molecular formula is C15H15N3O2. The van der Waals surface area contributed by atoms with Crippen LogP contribution in [0.1, 0.15) is 17.9 Å². The molecule has 2 aromatic heterocycles. The van der Waals surface area contributed by atoms with Gasteiger partial charge in [-0.1, -0.05) is 18.2 Å². The number of imidazole rings is 1. The van der Waals surface area contributed by atoms with Crippen molar-refractivity contribution in [1.82, 2.24) is 14.5 Å². The minimum atomic E-state index is -0.802. The second-order valence-electron chi connectivity index (χ2n) is 4.76. The number of aromatic amines is 1. The summed E-state index contributed by atoms with van der Waals surface area (Å²) >= 11 is 0. The Kier molecular flexibility index (Phi) is 3.02. The van der Waals surface area contributed by atoms with Crippen molar-refractivity contribution in [3.05, 3.63) is 48.2 Å². The summed E-state index contributed by atoms with van der Waals surface area (Å²) in [5.74, 6) is 0.0550. The van der Waals surface area contributed by atoms with Crippen molar-refractivity contribution < 1.29 is 9.90 Å². The summed E-state index contributed by atoms with van der Waals surface area (Å²) in [6.45, 7) is 1.92. The van der Waals surface area contributed by atoms with Crippen LogP contribution in [-0.2, 0) is 11.2 Å². The summed E-state index contributed by atoms with van der Waals surface area (Å²) in [6, 6.07) is 8.06. The quantitative estimate of drug-likeness (QED) is 0.765. The van der Waals surface area contributed by atoms with Gasteiger partial charge in [-0.05, 0) is 13.0 Å². The van der Waals surface area contributed by atoms with E-state index in [9.17, 15) is 4.79 Å². The van der Waals surface area contributed by atoms with E-state index in [1.807, 2.05) is 42.1 Å². The van der Waals surface area contributed by atoms with Crippen molar-refractivity contribution in [2.45, 2.75) is 19.8 Å². The van der Waals surface area contributed by atoms with Crippen LogP contribution in [0.3, 0.4) is 0 Å². The monoisotopic (exact) mass is 269 g/mol. The zero-order chi connectivity index (χ0) is 14.1. The van der Waals surface area contributed by atoms with Gasteiger partial charge in [0.05, 0.1) is 17.8 Å². The van der Waals surface area contributed by atoms with E-state index < -0.39 is 5.97 Å². The molecule has 0 saturated heterocycles. The maximum absolute atomic E-state index is 10.6. The third-order valence-corrected chi connectivity index (χ3v) is 3.35. The predicted molar refractivity (Wildman–Crippen MR) is 76.1 cm³/mol. The van der Waals surface area contributed by atoms with Crippen molar-refractivity contribution in [3.8, 4) is 5.69 Å². The highest BCUT2D eigenvalue weighted by atomic mass is 16.4. The molecule has 0 bridgehead atoms. The van der Waals surface area contributed by atoms with Crippen LogP contribution >= 0.6 is 0 Å². The number of para-hydroxylation sites is 1. The van der Waals surface area contributed by atoms with Gasteiger partial charge in [0.1, 0.15) is 5.82 Å². The van der Waals surface area contributed by atoms with E-state index in [1.165, 1.54) is 0 Å². The topological polar surface area (TPSA) is 70.9 Å². The Hall–Kier alpha value is -2.56. The van der Waals surface area contributed by atoms with Crippen LogP contribution in [0.25, 0.3) is 16.6 Å². The number of benzene rings is 1. The normalized spacial score (nSPS) is 11.1. The Labute approximate surface area is 115 Å². The molecule has 0 atom stereocenters. The second-order valence-corrected chi connectivity index (χ2v) is 4.76. The number of nitrogens with zero attached hydrogens (tertiary/aromatic N) is 2. The molecule has 102 valence electrons. The number of aromatic nitrogens is 3. The molecule has 0 amide bonds. The number of aliphatic carboxylic acids is 1. The molecule has 0 unspecified atom stereocenters. The molecule has 3 aromatic rings. The highest BCUT2D eigenvalue weighted by Crippen LogP contribution is 2.23. The van der Waals surface area contributed by atoms with Gasteiger partial charge in [0.25, 0.3) is 0 Å². The lowest BCUT2D eigenvalue weighted by Gasteiger charge is -2.02. The number of hydrogen-bond acceptors (Lipinski definition) is 2. The SMILES string of the molecule is Cc1nc(CCC(=O)O)cn1-c1c[nH]c2ccccc12. The molecule has 5 heteroatoms. The summed E-state index contributed by atoms with van der Waals surface area (Å²) < 4.78 is 2.00. The number of rotatable bonds is 4. The fourth-order valence-corrected chi connectivity index (χ4v) is 2.39. The van der Waals surface area contributed by atoms with Crippen molar-refractivity contribution in [2.24, 2.45) is 0 Å². The van der Waals surface area contributed by atoms with Crippen LogP contribution in [0.4, 0.5) is 0 Å². The highest BCUT2D eigenvalue weighted by molar-refractivity contribution is 5.88. The number of carboxylic acids is 1. The maximum Gasteiger partial charge on any atom is 0.303 e. The van der Waals surface area contributed by atoms with Gasteiger partial charge in [-0.2, -0.15) is 0 Å².